The van der Waals surface area contributed by atoms with E-state index in [0.29, 0.717) is 17.2 Å². The Hall–Kier alpha value is -2.04. The zero-order valence-electron chi connectivity index (χ0n) is 16.5. The van der Waals surface area contributed by atoms with Crippen LogP contribution in [-0.4, -0.2) is 36.0 Å². The largest absolute Gasteiger partial charge is 0.339 e. The third-order valence-electron chi connectivity index (χ3n) is 6.93. The molecule has 1 aromatic rings. The van der Waals surface area contributed by atoms with E-state index in [-0.39, 0.29) is 18.0 Å². The molecule has 1 aromatic carbocycles. The molecule has 146 valence electrons. The van der Waals surface area contributed by atoms with E-state index < -0.39 is 0 Å². The van der Waals surface area contributed by atoms with Crippen molar-refractivity contribution in [3.05, 3.63) is 29.3 Å². The Morgan fingerprint density at radius 1 is 1.15 bits per heavy atom. The first kappa shape index (κ1) is 18.3. The van der Waals surface area contributed by atoms with Crippen LogP contribution in [0.1, 0.15) is 61.4 Å². The van der Waals surface area contributed by atoms with Gasteiger partial charge in [-0.15, -0.1) is 0 Å². The van der Waals surface area contributed by atoms with E-state index in [1.165, 1.54) is 25.7 Å². The summed E-state index contributed by atoms with van der Waals surface area (Å²) in [6.45, 7) is 5.67. The summed E-state index contributed by atoms with van der Waals surface area (Å²) in [6.07, 6.45) is 7.38. The first-order chi connectivity index (χ1) is 13.0. The number of nitrogens with one attached hydrogen (secondary N) is 2. The molecule has 3 amide bonds. The van der Waals surface area contributed by atoms with Gasteiger partial charge in [0, 0.05) is 19.1 Å². The maximum Gasteiger partial charge on any atom is 0.319 e. The fourth-order valence-electron chi connectivity index (χ4n) is 5.47. The summed E-state index contributed by atoms with van der Waals surface area (Å²) in [5, 5.41) is 6.13. The molecule has 2 bridgehead atoms. The van der Waals surface area contributed by atoms with Crippen molar-refractivity contribution in [3.63, 3.8) is 0 Å². The highest BCUT2D eigenvalue weighted by Gasteiger charge is 2.42. The average Bonchev–Trinajstić information content (AvgIpc) is 3.40. The number of rotatable bonds is 4. The molecule has 5 nitrogen and oxygen atoms in total. The maximum absolute atomic E-state index is 12.9. The van der Waals surface area contributed by atoms with E-state index in [0.717, 1.165) is 43.3 Å². The molecule has 0 radical (unpaired) electrons. The molecule has 1 saturated heterocycles. The first-order valence-electron chi connectivity index (χ1n) is 10.5. The summed E-state index contributed by atoms with van der Waals surface area (Å²) in [6, 6.07) is 5.62. The van der Waals surface area contributed by atoms with Gasteiger partial charge in [-0.2, -0.15) is 0 Å². The molecule has 0 spiro atoms. The Balaban J connectivity index is 1.43. The zero-order valence-corrected chi connectivity index (χ0v) is 16.5. The average molecular weight is 370 g/mol. The summed E-state index contributed by atoms with van der Waals surface area (Å²) in [5.74, 6) is 2.26. The monoisotopic (exact) mass is 369 g/mol. The Morgan fingerprint density at radius 3 is 2.59 bits per heavy atom. The summed E-state index contributed by atoms with van der Waals surface area (Å²) in [5.41, 5.74) is 2.16. The van der Waals surface area contributed by atoms with Gasteiger partial charge in [-0.05, 0) is 75.3 Å². The minimum atomic E-state index is -0.199. The van der Waals surface area contributed by atoms with Gasteiger partial charge < -0.3 is 15.5 Å². The number of anilines is 1. The maximum atomic E-state index is 12.9. The molecular formula is C22H31N3O2. The lowest BCUT2D eigenvalue weighted by Crippen LogP contribution is -2.42. The minimum absolute atomic E-state index is 0.0210. The Morgan fingerprint density at radius 2 is 1.93 bits per heavy atom. The normalized spacial score (nSPS) is 27.6. The summed E-state index contributed by atoms with van der Waals surface area (Å²) < 4.78 is 0. The molecule has 2 N–H and O–H groups in total. The SMILES string of the molecule is Cc1cccc(C(=O)N2CCCC2)c1NC(=O)N[C@@H](C)[C@@H]1C[C@@H]2CC[C@@H]1C2. The van der Waals surface area contributed by atoms with Gasteiger partial charge >= 0.3 is 6.03 Å². The highest BCUT2D eigenvalue weighted by molar-refractivity contribution is 6.04. The van der Waals surface area contributed by atoms with Crippen LogP contribution in [0.4, 0.5) is 10.5 Å². The number of urea groups is 1. The number of hydrogen-bond acceptors (Lipinski definition) is 2. The minimum Gasteiger partial charge on any atom is -0.339 e. The van der Waals surface area contributed by atoms with Crippen LogP contribution in [0.5, 0.6) is 0 Å². The zero-order chi connectivity index (χ0) is 19.0. The van der Waals surface area contributed by atoms with Crippen LogP contribution in [0.25, 0.3) is 0 Å². The lowest BCUT2D eigenvalue weighted by atomic mass is 9.84. The third kappa shape index (κ3) is 3.69. The number of nitrogens with zero attached hydrogens (tertiary/aromatic N) is 1. The number of benzene rings is 1. The van der Waals surface area contributed by atoms with Crippen LogP contribution in [0.3, 0.4) is 0 Å². The van der Waals surface area contributed by atoms with Gasteiger partial charge in [-0.25, -0.2) is 4.79 Å². The second kappa shape index (κ2) is 7.53. The van der Waals surface area contributed by atoms with Crippen molar-refractivity contribution in [3.8, 4) is 0 Å². The van der Waals surface area contributed by atoms with E-state index in [9.17, 15) is 9.59 Å². The molecule has 0 aromatic heterocycles. The van der Waals surface area contributed by atoms with E-state index in [4.69, 9.17) is 0 Å². The number of carbonyl (C=O) groups is 2. The topological polar surface area (TPSA) is 61.4 Å². The van der Waals surface area contributed by atoms with E-state index >= 15 is 0 Å². The van der Waals surface area contributed by atoms with E-state index in [2.05, 4.69) is 17.6 Å². The predicted octanol–water partition coefficient (Wildman–Crippen LogP) is 4.18. The molecule has 0 unspecified atom stereocenters. The lowest BCUT2D eigenvalue weighted by Gasteiger charge is -2.28. The first-order valence-corrected chi connectivity index (χ1v) is 10.5. The lowest BCUT2D eigenvalue weighted by molar-refractivity contribution is 0.0794. The van der Waals surface area contributed by atoms with Crippen molar-refractivity contribution in [2.75, 3.05) is 18.4 Å². The molecule has 5 heteroatoms. The molecule has 4 rings (SSSR count). The van der Waals surface area contributed by atoms with E-state index in [1.807, 2.05) is 30.0 Å². The third-order valence-corrected chi connectivity index (χ3v) is 6.93. The van der Waals surface area contributed by atoms with Crippen molar-refractivity contribution in [1.29, 1.82) is 0 Å². The van der Waals surface area contributed by atoms with Crippen molar-refractivity contribution in [2.24, 2.45) is 17.8 Å². The number of fused-ring (bicyclic) bond motifs is 2. The van der Waals surface area contributed by atoms with Crippen LogP contribution < -0.4 is 10.6 Å². The highest BCUT2D eigenvalue weighted by Crippen LogP contribution is 2.49. The fourth-order valence-corrected chi connectivity index (χ4v) is 5.47. The standard InChI is InChI=1S/C22H31N3O2/c1-14-6-5-7-18(21(26)25-10-3-4-11-25)20(14)24-22(27)23-15(2)19-13-16-8-9-17(19)12-16/h5-7,15-17,19H,3-4,8-13H2,1-2H3,(H2,23,24,27)/t15-,16+,17+,19-/m0/s1. The van der Waals surface area contributed by atoms with Gasteiger partial charge in [0.25, 0.3) is 5.91 Å². The number of aryl methyl sites for hydroxylation is 1. The smallest absolute Gasteiger partial charge is 0.319 e. The van der Waals surface area contributed by atoms with Crippen LogP contribution >= 0.6 is 0 Å². The van der Waals surface area contributed by atoms with Crippen molar-refractivity contribution in [1.82, 2.24) is 10.2 Å². The summed E-state index contributed by atoms with van der Waals surface area (Å²) in [7, 11) is 0. The molecule has 1 aliphatic heterocycles. The van der Waals surface area contributed by atoms with Crippen LogP contribution in [0.2, 0.25) is 0 Å². The predicted molar refractivity (Wildman–Crippen MR) is 107 cm³/mol. The number of carbonyl (C=O) groups excluding carboxylic acids is 2. The Kier molecular flexibility index (Phi) is 5.11. The Bertz CT molecular complexity index is 726. The fraction of sp³-hybridized carbons (Fsp3) is 0.636. The summed E-state index contributed by atoms with van der Waals surface area (Å²) in [4.78, 5) is 27.4. The van der Waals surface area contributed by atoms with Crippen LogP contribution in [-0.2, 0) is 0 Å². The molecule has 3 aliphatic rings. The molecule has 3 fully saturated rings. The number of para-hydroxylation sites is 1. The molecule has 1 heterocycles. The molecule has 4 atom stereocenters. The molecular weight excluding hydrogens is 338 g/mol. The van der Waals surface area contributed by atoms with Crippen molar-refractivity contribution < 1.29 is 9.59 Å². The van der Waals surface area contributed by atoms with E-state index in [1.54, 1.807) is 0 Å². The van der Waals surface area contributed by atoms with Crippen LogP contribution in [0.15, 0.2) is 18.2 Å². The van der Waals surface area contributed by atoms with Gasteiger partial charge in [0.15, 0.2) is 0 Å². The highest BCUT2D eigenvalue weighted by atomic mass is 16.2. The second-order valence-electron chi connectivity index (χ2n) is 8.72. The van der Waals surface area contributed by atoms with Gasteiger partial charge in [-0.3, -0.25) is 4.79 Å². The number of likely N-dealkylation sites (tertiary alicyclic amines) is 1. The molecule has 2 saturated carbocycles. The number of hydrogen-bond donors (Lipinski definition) is 2. The quantitative estimate of drug-likeness (QED) is 0.836. The second-order valence-corrected chi connectivity index (χ2v) is 8.72. The number of amides is 3. The summed E-state index contributed by atoms with van der Waals surface area (Å²) >= 11 is 0. The Labute approximate surface area is 161 Å². The van der Waals surface area contributed by atoms with Gasteiger partial charge in [-0.1, -0.05) is 18.6 Å². The van der Waals surface area contributed by atoms with Crippen molar-refractivity contribution in [2.45, 2.75) is 58.4 Å². The van der Waals surface area contributed by atoms with Gasteiger partial charge in [0.05, 0.1) is 11.3 Å². The van der Waals surface area contributed by atoms with Gasteiger partial charge in [0.1, 0.15) is 0 Å². The molecule has 27 heavy (non-hydrogen) atoms. The van der Waals surface area contributed by atoms with Gasteiger partial charge in [0.2, 0.25) is 0 Å². The molecule has 2 aliphatic carbocycles. The van der Waals surface area contributed by atoms with Crippen LogP contribution in [0, 0.1) is 24.7 Å². The van der Waals surface area contributed by atoms with Crippen molar-refractivity contribution >= 4 is 17.6 Å².